The molecule has 0 fully saturated rings. The number of aliphatic hydroxyl groups is 1. The van der Waals surface area contributed by atoms with Crippen LogP contribution >= 0.6 is 0 Å². The number of ketones is 1. The predicted molar refractivity (Wildman–Crippen MR) is 104 cm³/mol. The summed E-state index contributed by atoms with van der Waals surface area (Å²) in [5.74, 6) is -3.61. The van der Waals surface area contributed by atoms with E-state index in [-0.39, 0.29) is 33.2 Å². The lowest BCUT2D eigenvalue weighted by molar-refractivity contribution is -0.556. The molecule has 1 heterocycles. The van der Waals surface area contributed by atoms with Gasteiger partial charge in [0.2, 0.25) is 5.78 Å². The SMILES string of the molecule is C[I+]/C=C\C1=C(C)CC(CN2C=C(O)C(=O)C(C(=O)O)C2)(c2ccccc2)C1. The minimum absolute atomic E-state index is 0.0706. The Hall–Kier alpha value is -2.09. The van der Waals surface area contributed by atoms with Crippen molar-refractivity contribution in [2.75, 3.05) is 18.0 Å². The van der Waals surface area contributed by atoms with Gasteiger partial charge in [0.25, 0.3) is 0 Å². The van der Waals surface area contributed by atoms with E-state index in [4.69, 9.17) is 0 Å². The maximum absolute atomic E-state index is 12.0. The Labute approximate surface area is 175 Å². The monoisotopic (exact) mass is 494 g/mol. The summed E-state index contributed by atoms with van der Waals surface area (Å²) in [6.45, 7) is 2.79. The van der Waals surface area contributed by atoms with Gasteiger partial charge in [-0.1, -0.05) is 35.9 Å². The summed E-state index contributed by atoms with van der Waals surface area (Å²) >= 11 is 0.0706. The summed E-state index contributed by atoms with van der Waals surface area (Å²) in [5, 5.41) is 19.4. The molecule has 0 aromatic heterocycles. The van der Waals surface area contributed by atoms with Crippen molar-refractivity contribution in [2.45, 2.75) is 25.2 Å². The van der Waals surface area contributed by atoms with E-state index in [1.165, 1.54) is 22.9 Å². The molecule has 1 aromatic carbocycles. The highest BCUT2D eigenvalue weighted by Crippen LogP contribution is 2.45. The summed E-state index contributed by atoms with van der Waals surface area (Å²) < 4.78 is 2.27. The number of allylic oxidation sites excluding steroid dienone is 4. The number of alkyl halides is 1. The Bertz CT molecular complexity index is 859. The zero-order valence-corrected chi connectivity index (χ0v) is 18.2. The number of carbonyl (C=O) groups is 2. The van der Waals surface area contributed by atoms with Gasteiger partial charge in [0.05, 0.1) is 0 Å². The summed E-state index contributed by atoms with van der Waals surface area (Å²) in [6.07, 6.45) is 5.38. The molecule has 1 aromatic rings. The molecule has 1 aliphatic carbocycles. The lowest BCUT2D eigenvalue weighted by atomic mass is 9.76. The first-order valence-corrected chi connectivity index (χ1v) is 12.6. The molecule has 5 nitrogen and oxygen atoms in total. The lowest BCUT2D eigenvalue weighted by Gasteiger charge is -2.38. The first-order valence-electron chi connectivity index (χ1n) is 9.17. The molecule has 2 unspecified atom stereocenters. The number of Topliss-reactive ketones (excluding diaryl/α,β-unsaturated/α-hetero) is 1. The number of rotatable bonds is 6. The molecule has 0 amide bonds. The fourth-order valence-corrected chi connectivity index (χ4v) is 5.01. The summed E-state index contributed by atoms with van der Waals surface area (Å²) in [6, 6.07) is 10.2. The van der Waals surface area contributed by atoms with Gasteiger partial charge in [0, 0.05) is 24.7 Å². The molecule has 2 aliphatic rings. The number of hydrogen-bond donors (Lipinski definition) is 2. The molecule has 1 aliphatic heterocycles. The van der Waals surface area contributed by atoms with Crippen molar-refractivity contribution < 1.29 is 41.0 Å². The fraction of sp³-hybridized carbons (Fsp3) is 0.364. The highest BCUT2D eigenvalue weighted by atomic mass is 127. The smallest absolute Gasteiger partial charge is 0.316 e. The number of carboxylic acid groups (broad SMARTS) is 1. The average molecular weight is 494 g/mol. The first kappa shape index (κ1) is 20.6. The van der Waals surface area contributed by atoms with Crippen LogP contribution in [0.4, 0.5) is 0 Å². The third-order valence-electron chi connectivity index (χ3n) is 5.55. The van der Waals surface area contributed by atoms with Crippen molar-refractivity contribution in [1.82, 2.24) is 4.90 Å². The standard InChI is InChI=1S/C22H24INO4/c1-15-10-22(11-16(15)8-9-23-2,17-6-4-3-5-7-17)14-24-12-18(21(27)28)20(26)19(25)13-24/h3-9,13,18H,10-12,14H2,1-2H3,(H-,25,27,28)/p+1/b9-8-. The highest BCUT2D eigenvalue weighted by molar-refractivity contribution is 6.07. The maximum Gasteiger partial charge on any atom is 0.316 e. The minimum atomic E-state index is -1.22. The Balaban J connectivity index is 1.93. The van der Waals surface area contributed by atoms with Gasteiger partial charge in [0.15, 0.2) is 9.84 Å². The first-order chi connectivity index (χ1) is 13.4. The number of carboxylic acids is 1. The normalized spacial score (nSPS) is 25.5. The van der Waals surface area contributed by atoms with Gasteiger partial charge in [-0.25, -0.2) is 0 Å². The zero-order chi connectivity index (χ0) is 20.3. The van der Waals surface area contributed by atoms with E-state index in [1.54, 1.807) is 4.90 Å². The van der Waals surface area contributed by atoms with Gasteiger partial charge in [-0.3, -0.25) is 9.59 Å². The van der Waals surface area contributed by atoms with Gasteiger partial charge in [0.1, 0.15) is 10.8 Å². The summed E-state index contributed by atoms with van der Waals surface area (Å²) in [5.41, 5.74) is 3.66. The second kappa shape index (κ2) is 8.51. The predicted octanol–water partition coefficient (Wildman–Crippen LogP) is 0.252. The summed E-state index contributed by atoms with van der Waals surface area (Å²) in [4.78, 5) is 27.5. The molecule has 0 bridgehead atoms. The minimum Gasteiger partial charge on any atom is -0.503 e. The average Bonchev–Trinajstić information content (AvgIpc) is 2.99. The van der Waals surface area contributed by atoms with Gasteiger partial charge >= 0.3 is 27.2 Å². The van der Waals surface area contributed by atoms with Gasteiger partial charge < -0.3 is 15.1 Å². The molecule has 0 saturated carbocycles. The van der Waals surface area contributed by atoms with E-state index in [0.717, 1.165) is 12.8 Å². The van der Waals surface area contributed by atoms with Crippen LogP contribution in [0, 0.1) is 5.92 Å². The van der Waals surface area contributed by atoms with E-state index in [9.17, 15) is 19.8 Å². The quantitative estimate of drug-likeness (QED) is 0.337. The Kier molecular flexibility index (Phi) is 6.27. The zero-order valence-electron chi connectivity index (χ0n) is 16.1. The van der Waals surface area contributed by atoms with E-state index < -0.39 is 23.4 Å². The number of hydrogen-bond acceptors (Lipinski definition) is 4. The summed E-state index contributed by atoms with van der Waals surface area (Å²) in [7, 11) is 0. The molecular weight excluding hydrogens is 469 g/mol. The molecule has 148 valence electrons. The van der Waals surface area contributed by atoms with Crippen molar-refractivity contribution in [3.05, 3.63) is 69.2 Å². The van der Waals surface area contributed by atoms with E-state index >= 15 is 0 Å². The van der Waals surface area contributed by atoms with Crippen LogP contribution in [0.15, 0.2) is 63.6 Å². The number of nitrogens with zero attached hydrogens (tertiary/aromatic N) is 1. The molecule has 0 spiro atoms. The third kappa shape index (κ3) is 4.16. The lowest BCUT2D eigenvalue weighted by Crippen LogP contribution is -3.57. The van der Waals surface area contributed by atoms with Crippen LogP contribution in [0.2, 0.25) is 0 Å². The van der Waals surface area contributed by atoms with Crippen LogP contribution in [0.5, 0.6) is 0 Å². The fourth-order valence-electron chi connectivity index (χ4n) is 4.21. The Morgan fingerprint density at radius 3 is 2.68 bits per heavy atom. The Morgan fingerprint density at radius 2 is 2.04 bits per heavy atom. The van der Waals surface area contributed by atoms with E-state index in [0.29, 0.717) is 6.54 Å². The van der Waals surface area contributed by atoms with Crippen molar-refractivity contribution in [3.8, 4) is 0 Å². The molecule has 0 saturated heterocycles. The Morgan fingerprint density at radius 1 is 1.32 bits per heavy atom. The third-order valence-corrected chi connectivity index (χ3v) is 6.63. The van der Waals surface area contributed by atoms with Crippen molar-refractivity contribution in [2.24, 2.45) is 5.92 Å². The second-order valence-electron chi connectivity index (χ2n) is 7.52. The van der Waals surface area contributed by atoms with Crippen LogP contribution in [0.25, 0.3) is 0 Å². The number of aliphatic carboxylic acids is 1. The largest absolute Gasteiger partial charge is 0.503 e. The molecule has 6 heteroatoms. The van der Waals surface area contributed by atoms with Gasteiger partial charge in [-0.05, 0) is 37.0 Å². The number of carbonyl (C=O) groups excluding carboxylic acids is 1. The molecular formula is C22H25INO4+. The van der Waals surface area contributed by atoms with E-state index in [1.807, 2.05) is 18.2 Å². The van der Waals surface area contributed by atoms with Crippen LogP contribution in [-0.2, 0) is 15.0 Å². The highest BCUT2D eigenvalue weighted by Gasteiger charge is 2.42. The second-order valence-corrected chi connectivity index (χ2v) is 9.48. The number of halogens is 1. The van der Waals surface area contributed by atoms with Gasteiger partial charge in [-0.15, -0.1) is 0 Å². The molecule has 2 atom stereocenters. The van der Waals surface area contributed by atoms with Crippen LogP contribution in [0.1, 0.15) is 25.3 Å². The van der Waals surface area contributed by atoms with Crippen molar-refractivity contribution in [3.63, 3.8) is 0 Å². The number of aliphatic hydroxyl groups excluding tert-OH is 1. The van der Waals surface area contributed by atoms with E-state index in [2.05, 4.69) is 34.1 Å². The molecule has 28 heavy (non-hydrogen) atoms. The van der Waals surface area contributed by atoms with Crippen molar-refractivity contribution >= 4 is 11.8 Å². The molecule has 3 rings (SSSR count). The van der Waals surface area contributed by atoms with Gasteiger partial charge in [-0.2, -0.15) is 0 Å². The molecule has 2 N–H and O–H groups in total. The van der Waals surface area contributed by atoms with Crippen LogP contribution < -0.4 is 21.2 Å². The maximum atomic E-state index is 12.0. The topological polar surface area (TPSA) is 77.8 Å². The molecule has 0 radical (unpaired) electrons. The van der Waals surface area contributed by atoms with Crippen molar-refractivity contribution in [1.29, 1.82) is 0 Å². The number of benzene rings is 1. The van der Waals surface area contributed by atoms with Crippen LogP contribution in [0.3, 0.4) is 0 Å². The van der Waals surface area contributed by atoms with Crippen LogP contribution in [-0.4, -0.2) is 44.9 Å².